The summed E-state index contributed by atoms with van der Waals surface area (Å²) in [6, 6.07) is 29.5. The summed E-state index contributed by atoms with van der Waals surface area (Å²) in [5, 5.41) is 27.8. The summed E-state index contributed by atoms with van der Waals surface area (Å²) >= 11 is 18.6. The van der Waals surface area contributed by atoms with Gasteiger partial charge in [0.2, 0.25) is 0 Å². The van der Waals surface area contributed by atoms with Crippen LogP contribution < -0.4 is 0 Å². The number of benzene rings is 3. The van der Waals surface area contributed by atoms with Crippen LogP contribution in [0, 0.1) is 29.6 Å². The molecule has 0 amide bonds. The van der Waals surface area contributed by atoms with Gasteiger partial charge in [-0.3, -0.25) is 0 Å². The molecule has 0 aliphatic carbocycles. The first kappa shape index (κ1) is 31.2. The summed E-state index contributed by atoms with van der Waals surface area (Å²) in [6.07, 6.45) is 3.66. The van der Waals surface area contributed by atoms with E-state index in [4.69, 9.17) is 33.2 Å². The Labute approximate surface area is 297 Å². The van der Waals surface area contributed by atoms with Crippen molar-refractivity contribution in [1.29, 1.82) is 10.5 Å². The van der Waals surface area contributed by atoms with Gasteiger partial charge in [-0.05, 0) is 65.6 Å². The normalized spacial score (nSPS) is 11.9. The van der Waals surface area contributed by atoms with Gasteiger partial charge in [-0.15, -0.1) is 45.3 Å². The number of nitrogens with zero attached hydrogens (tertiary/aromatic N) is 4. The second kappa shape index (κ2) is 13.4. The smallest absolute Gasteiger partial charge is 0.118 e. The number of thiophene rings is 2. The highest BCUT2D eigenvalue weighted by molar-refractivity contribution is 7.41. The van der Waals surface area contributed by atoms with Crippen LogP contribution in [0.15, 0.2) is 89.6 Å². The van der Waals surface area contributed by atoms with Crippen LogP contribution in [-0.4, -0.2) is 9.97 Å². The lowest BCUT2D eigenvalue weighted by atomic mass is 10.00. The molecule has 4 nitrogen and oxygen atoms in total. The standard InChI is InChI=1S/C37H20Cl2N4S4/c1-21-33-34(24-5-3-2-4-6-24)36(30-20-45-32(43-30)16-26(18-41)23-9-13-28(39)14-10-23)47-37(33)46-35(21)29-19-44-31(42-29)15-25(17-40)22-7-11-27(38)12-8-22/h2-16,19-20H,1H3/b25-15-,26-16-. The molecule has 0 saturated heterocycles. The molecule has 0 spiro atoms. The minimum absolute atomic E-state index is 0.533. The monoisotopic (exact) mass is 718 g/mol. The summed E-state index contributed by atoms with van der Waals surface area (Å²) in [6.45, 7) is 2.15. The van der Waals surface area contributed by atoms with Crippen LogP contribution in [0.2, 0.25) is 10.0 Å². The lowest BCUT2D eigenvalue weighted by Gasteiger charge is -2.05. The summed E-state index contributed by atoms with van der Waals surface area (Å²) in [7, 11) is 0. The molecular weight excluding hydrogens is 700 g/mol. The van der Waals surface area contributed by atoms with Crippen LogP contribution >= 0.6 is 68.5 Å². The summed E-state index contributed by atoms with van der Waals surface area (Å²) < 4.78 is 1.19. The highest BCUT2D eigenvalue weighted by Crippen LogP contribution is 2.52. The van der Waals surface area contributed by atoms with Gasteiger partial charge in [0, 0.05) is 31.8 Å². The molecule has 4 aromatic heterocycles. The molecule has 0 bridgehead atoms. The molecule has 7 aromatic rings. The number of nitriles is 2. The first-order valence-corrected chi connectivity index (χ1v) is 18.3. The van der Waals surface area contributed by atoms with Crippen LogP contribution in [0.25, 0.3) is 65.0 Å². The van der Waals surface area contributed by atoms with Crippen LogP contribution in [0.5, 0.6) is 0 Å². The molecule has 4 heterocycles. The van der Waals surface area contributed by atoms with Crippen molar-refractivity contribution in [2.24, 2.45) is 0 Å². The molecule has 0 N–H and O–H groups in total. The Morgan fingerprint density at radius 3 is 1.68 bits per heavy atom. The van der Waals surface area contributed by atoms with Crippen molar-refractivity contribution in [1.82, 2.24) is 9.97 Å². The maximum absolute atomic E-state index is 9.87. The Hall–Kier alpha value is -4.38. The lowest BCUT2D eigenvalue weighted by molar-refractivity contribution is 1.39. The number of aromatic nitrogens is 2. The van der Waals surface area contributed by atoms with Gasteiger partial charge in [-0.25, -0.2) is 9.97 Å². The zero-order valence-corrected chi connectivity index (χ0v) is 29.3. The molecule has 0 fully saturated rings. The number of hydrogen-bond donors (Lipinski definition) is 0. The van der Waals surface area contributed by atoms with Crippen molar-refractivity contribution >= 4 is 101 Å². The van der Waals surface area contributed by atoms with E-state index < -0.39 is 0 Å². The lowest BCUT2D eigenvalue weighted by Crippen LogP contribution is -1.84. The zero-order chi connectivity index (χ0) is 32.5. The van der Waals surface area contributed by atoms with E-state index in [-0.39, 0.29) is 0 Å². The van der Waals surface area contributed by atoms with E-state index in [2.05, 4.69) is 54.1 Å². The fourth-order valence-electron chi connectivity index (χ4n) is 5.19. The molecule has 226 valence electrons. The molecule has 7 rings (SSSR count). The molecular formula is C37H20Cl2N4S4. The number of fused-ring (bicyclic) bond motifs is 1. The molecule has 3 aromatic carbocycles. The highest BCUT2D eigenvalue weighted by Gasteiger charge is 2.24. The van der Waals surface area contributed by atoms with Crippen molar-refractivity contribution < 1.29 is 0 Å². The number of thiazole rings is 2. The molecule has 10 heteroatoms. The van der Waals surface area contributed by atoms with E-state index in [1.165, 1.54) is 32.1 Å². The Kier molecular flexibility index (Phi) is 8.90. The van der Waals surface area contributed by atoms with Gasteiger partial charge in [-0.2, -0.15) is 10.5 Å². The molecule has 0 unspecified atom stereocenters. The predicted molar refractivity (Wildman–Crippen MR) is 202 cm³/mol. The second-order valence-electron chi connectivity index (χ2n) is 10.4. The number of rotatable bonds is 7. The fraction of sp³-hybridized carbons (Fsp3) is 0.0270. The molecule has 0 saturated carbocycles. The van der Waals surface area contributed by atoms with Gasteiger partial charge >= 0.3 is 0 Å². The van der Waals surface area contributed by atoms with E-state index in [0.717, 1.165) is 59.0 Å². The quantitative estimate of drug-likeness (QED) is 0.154. The van der Waals surface area contributed by atoms with E-state index in [1.54, 1.807) is 46.9 Å². The minimum Gasteiger partial charge on any atom is -0.236 e. The summed E-state index contributed by atoms with van der Waals surface area (Å²) in [5.41, 5.74) is 7.88. The Morgan fingerprint density at radius 2 is 1.17 bits per heavy atom. The largest absolute Gasteiger partial charge is 0.236 e. The van der Waals surface area contributed by atoms with Gasteiger partial charge in [-0.1, -0.05) is 77.8 Å². The molecule has 0 aliphatic heterocycles. The highest BCUT2D eigenvalue weighted by atomic mass is 35.5. The van der Waals surface area contributed by atoms with E-state index in [1.807, 2.05) is 42.5 Å². The molecule has 0 aliphatic rings. The van der Waals surface area contributed by atoms with Crippen molar-refractivity contribution in [3.05, 3.63) is 126 Å². The van der Waals surface area contributed by atoms with Gasteiger partial charge in [0.25, 0.3) is 0 Å². The maximum atomic E-state index is 9.87. The van der Waals surface area contributed by atoms with Crippen LogP contribution in [-0.2, 0) is 0 Å². The third-order valence-electron chi connectivity index (χ3n) is 7.44. The predicted octanol–water partition coefficient (Wildman–Crippen LogP) is 12.6. The zero-order valence-electron chi connectivity index (χ0n) is 24.5. The third kappa shape index (κ3) is 6.33. The van der Waals surface area contributed by atoms with Gasteiger partial charge in [0.1, 0.15) is 10.0 Å². The first-order valence-electron chi connectivity index (χ1n) is 14.2. The molecule has 0 radical (unpaired) electrons. The fourth-order valence-corrected chi connectivity index (χ4v) is 9.82. The second-order valence-corrected chi connectivity index (χ2v) is 15.3. The SMILES string of the molecule is Cc1c(-c2csc(/C=C(/C#N)c3ccc(Cl)cc3)n2)sc2sc(-c3csc(/C=C(/C#N)c4ccc(Cl)cc4)n3)c(-c3ccccc3)c12. The average molecular weight is 720 g/mol. The topological polar surface area (TPSA) is 73.4 Å². The Morgan fingerprint density at radius 1 is 0.681 bits per heavy atom. The van der Waals surface area contributed by atoms with Crippen LogP contribution in [0.3, 0.4) is 0 Å². The summed E-state index contributed by atoms with van der Waals surface area (Å²) in [4.78, 5) is 12.1. The number of allylic oxidation sites excluding steroid dienone is 2. The maximum Gasteiger partial charge on any atom is 0.118 e. The minimum atomic E-state index is 0.533. The van der Waals surface area contributed by atoms with Crippen LogP contribution in [0.1, 0.15) is 26.7 Å². The van der Waals surface area contributed by atoms with Crippen molar-refractivity contribution in [3.63, 3.8) is 0 Å². The van der Waals surface area contributed by atoms with Gasteiger partial charge < -0.3 is 0 Å². The van der Waals surface area contributed by atoms with Crippen molar-refractivity contribution in [2.45, 2.75) is 6.92 Å². The number of halogens is 2. The van der Waals surface area contributed by atoms with E-state index in [9.17, 15) is 10.5 Å². The summed E-state index contributed by atoms with van der Waals surface area (Å²) in [5.74, 6) is 0. The van der Waals surface area contributed by atoms with Crippen LogP contribution in [0.4, 0.5) is 0 Å². The van der Waals surface area contributed by atoms with Crippen molar-refractivity contribution in [2.75, 3.05) is 0 Å². The third-order valence-corrected chi connectivity index (χ3v) is 12.1. The van der Waals surface area contributed by atoms with E-state index >= 15 is 0 Å². The number of hydrogen-bond acceptors (Lipinski definition) is 8. The van der Waals surface area contributed by atoms with Crippen molar-refractivity contribution in [3.8, 4) is 44.4 Å². The Bertz CT molecular complexity index is 2400. The van der Waals surface area contributed by atoms with E-state index in [0.29, 0.717) is 21.2 Å². The number of aryl methyl sites for hydroxylation is 1. The first-order chi connectivity index (χ1) is 22.9. The molecule has 47 heavy (non-hydrogen) atoms. The molecule has 0 atom stereocenters. The average Bonchev–Trinajstić information content (AvgIpc) is 3.89. The van der Waals surface area contributed by atoms with Gasteiger partial charge in [0.15, 0.2) is 0 Å². The Balaban J connectivity index is 1.28. The van der Waals surface area contributed by atoms with Gasteiger partial charge in [0.05, 0.1) is 48.4 Å².